The first-order valence-corrected chi connectivity index (χ1v) is 7.06. The first-order chi connectivity index (χ1) is 8.84. The van der Waals surface area contributed by atoms with Crippen molar-refractivity contribution in [2.75, 3.05) is 5.73 Å². The maximum absolute atomic E-state index is 13.1. The highest BCUT2D eigenvalue weighted by Crippen LogP contribution is 2.66. The summed E-state index contributed by atoms with van der Waals surface area (Å²) in [7, 11) is 0. The van der Waals surface area contributed by atoms with Gasteiger partial charge in [0.05, 0.1) is 5.69 Å². The van der Waals surface area contributed by atoms with Gasteiger partial charge in [-0.1, -0.05) is 20.8 Å². The first-order valence-electron chi connectivity index (χ1n) is 7.06. The largest absolute Gasteiger partial charge is 0.488 e. The molecule has 0 spiro atoms. The quantitative estimate of drug-likeness (QED) is 0.818. The Morgan fingerprint density at radius 3 is 2.58 bits per heavy atom. The van der Waals surface area contributed by atoms with Gasteiger partial charge in [-0.05, 0) is 42.7 Å². The Labute approximate surface area is 114 Å². The molecule has 2 fully saturated rings. The lowest BCUT2D eigenvalue weighted by Crippen LogP contribution is -2.39. The molecule has 0 aliphatic heterocycles. The van der Waals surface area contributed by atoms with E-state index in [4.69, 9.17) is 10.5 Å². The van der Waals surface area contributed by atoms with Crippen LogP contribution in [0.5, 0.6) is 5.75 Å². The normalized spacial score (nSPS) is 35.6. The van der Waals surface area contributed by atoms with Crippen molar-refractivity contribution in [1.82, 2.24) is 0 Å². The second-order valence-corrected chi connectivity index (χ2v) is 6.90. The highest BCUT2D eigenvalue weighted by molar-refractivity contribution is 5.52. The molecule has 2 nitrogen and oxygen atoms in total. The molecule has 0 radical (unpaired) electrons. The Bertz CT molecular complexity index is 513. The molecular weight excluding hydrogens is 241 g/mol. The summed E-state index contributed by atoms with van der Waals surface area (Å²) in [6, 6.07) is 4.38. The average Bonchev–Trinajstić information content (AvgIpc) is 2.65. The Morgan fingerprint density at radius 1 is 1.32 bits per heavy atom. The van der Waals surface area contributed by atoms with Gasteiger partial charge in [0.2, 0.25) is 0 Å². The van der Waals surface area contributed by atoms with Crippen LogP contribution in [0.25, 0.3) is 0 Å². The summed E-state index contributed by atoms with van der Waals surface area (Å²) in [5, 5.41) is 0. The second kappa shape index (κ2) is 3.87. The lowest BCUT2D eigenvalue weighted by molar-refractivity contribution is 0.0306. The number of nitrogens with two attached hydrogens (primary N) is 1. The molecule has 2 N–H and O–H groups in total. The van der Waals surface area contributed by atoms with Gasteiger partial charge < -0.3 is 10.5 Å². The van der Waals surface area contributed by atoms with Crippen LogP contribution in [0, 0.1) is 22.6 Å². The van der Waals surface area contributed by atoms with Crippen LogP contribution in [0.4, 0.5) is 10.1 Å². The molecule has 2 saturated carbocycles. The number of fused-ring (bicyclic) bond motifs is 2. The number of rotatable bonds is 2. The lowest BCUT2D eigenvalue weighted by atomic mass is 9.70. The number of halogens is 1. The molecule has 3 atom stereocenters. The molecule has 0 heterocycles. The van der Waals surface area contributed by atoms with Gasteiger partial charge in [0, 0.05) is 11.5 Å². The monoisotopic (exact) mass is 263 g/mol. The number of hydrogen-bond donors (Lipinski definition) is 1. The molecule has 1 aromatic rings. The van der Waals surface area contributed by atoms with Gasteiger partial charge in [0.15, 0.2) is 0 Å². The molecule has 104 valence electrons. The van der Waals surface area contributed by atoms with Gasteiger partial charge in [0.1, 0.15) is 17.7 Å². The van der Waals surface area contributed by atoms with Crippen molar-refractivity contribution in [1.29, 1.82) is 0 Å². The predicted molar refractivity (Wildman–Crippen MR) is 74.5 cm³/mol. The maximum Gasteiger partial charge on any atom is 0.142 e. The van der Waals surface area contributed by atoms with Crippen molar-refractivity contribution in [2.45, 2.75) is 46.1 Å². The van der Waals surface area contributed by atoms with Crippen molar-refractivity contribution in [3.8, 4) is 5.75 Å². The number of ether oxygens (including phenoxy) is 1. The fraction of sp³-hybridized carbons (Fsp3) is 0.625. The van der Waals surface area contributed by atoms with Crippen LogP contribution in [0.1, 0.15) is 40.0 Å². The molecule has 2 aliphatic carbocycles. The van der Waals surface area contributed by atoms with E-state index in [9.17, 15) is 4.39 Å². The number of benzene rings is 1. The average molecular weight is 263 g/mol. The van der Waals surface area contributed by atoms with E-state index >= 15 is 0 Å². The summed E-state index contributed by atoms with van der Waals surface area (Å²) in [5.41, 5.74) is 6.74. The van der Waals surface area contributed by atoms with Crippen molar-refractivity contribution >= 4 is 5.69 Å². The van der Waals surface area contributed by atoms with Gasteiger partial charge in [0.25, 0.3) is 0 Å². The molecule has 2 bridgehead atoms. The molecular formula is C16H22FNO. The zero-order valence-corrected chi connectivity index (χ0v) is 11.9. The van der Waals surface area contributed by atoms with E-state index in [0.29, 0.717) is 16.9 Å². The predicted octanol–water partition coefficient (Wildman–Crippen LogP) is 4.00. The van der Waals surface area contributed by atoms with Gasteiger partial charge in [-0.2, -0.15) is 0 Å². The third-order valence-electron chi connectivity index (χ3n) is 5.96. The summed E-state index contributed by atoms with van der Waals surface area (Å²) in [6.45, 7) is 7.02. The summed E-state index contributed by atoms with van der Waals surface area (Å²) in [6.07, 6.45) is 3.77. The Balaban J connectivity index is 1.86. The first kappa shape index (κ1) is 12.8. The van der Waals surface area contributed by atoms with Gasteiger partial charge in [-0.3, -0.25) is 0 Å². The SMILES string of the molecule is CC1(C)C2CCC1(C)C(Oc1ccc(F)cc1N)C2. The van der Waals surface area contributed by atoms with Crippen LogP contribution in [0.3, 0.4) is 0 Å². The van der Waals surface area contributed by atoms with Crippen LogP contribution >= 0.6 is 0 Å². The van der Waals surface area contributed by atoms with Crippen LogP contribution in [0.15, 0.2) is 18.2 Å². The van der Waals surface area contributed by atoms with Crippen molar-refractivity contribution in [2.24, 2.45) is 16.7 Å². The van der Waals surface area contributed by atoms with Crippen molar-refractivity contribution in [3.63, 3.8) is 0 Å². The molecule has 0 amide bonds. The summed E-state index contributed by atoms with van der Waals surface area (Å²) in [5.74, 6) is 1.03. The molecule has 0 saturated heterocycles. The highest BCUT2D eigenvalue weighted by atomic mass is 19.1. The standard InChI is InChI=1S/C16H22FNO/c1-15(2)10-6-7-16(15,3)14(8-10)19-13-5-4-11(17)9-12(13)18/h4-5,9-10,14H,6-8,18H2,1-3H3. The Hall–Kier alpha value is -1.25. The second-order valence-electron chi connectivity index (χ2n) is 6.90. The van der Waals surface area contributed by atoms with Crippen LogP contribution in [-0.2, 0) is 0 Å². The van der Waals surface area contributed by atoms with Crippen molar-refractivity contribution in [3.05, 3.63) is 24.0 Å². The number of nitrogen functional groups attached to an aromatic ring is 1. The molecule has 19 heavy (non-hydrogen) atoms. The lowest BCUT2D eigenvalue weighted by Gasteiger charge is -2.39. The van der Waals surface area contributed by atoms with E-state index in [1.165, 1.54) is 25.0 Å². The third-order valence-corrected chi connectivity index (χ3v) is 5.96. The van der Waals surface area contributed by atoms with Crippen molar-refractivity contribution < 1.29 is 9.13 Å². The van der Waals surface area contributed by atoms with Gasteiger partial charge in [-0.15, -0.1) is 0 Å². The number of anilines is 1. The van der Waals surface area contributed by atoms with Gasteiger partial charge in [-0.25, -0.2) is 4.39 Å². The Kier molecular flexibility index (Phi) is 2.60. The van der Waals surface area contributed by atoms with Crippen LogP contribution in [0.2, 0.25) is 0 Å². The Morgan fingerprint density at radius 2 is 2.05 bits per heavy atom. The molecule has 3 unspecified atom stereocenters. The van der Waals surface area contributed by atoms with E-state index in [0.717, 1.165) is 12.3 Å². The fourth-order valence-corrected chi connectivity index (χ4v) is 4.09. The minimum Gasteiger partial charge on any atom is -0.488 e. The molecule has 3 rings (SSSR count). The van der Waals surface area contributed by atoms with Crippen LogP contribution < -0.4 is 10.5 Å². The molecule has 1 aromatic carbocycles. The number of hydrogen-bond acceptors (Lipinski definition) is 2. The molecule has 0 aromatic heterocycles. The maximum atomic E-state index is 13.1. The fourth-order valence-electron chi connectivity index (χ4n) is 4.09. The minimum absolute atomic E-state index is 0.189. The molecule has 2 aliphatic rings. The highest BCUT2D eigenvalue weighted by Gasteiger charge is 2.62. The summed E-state index contributed by atoms with van der Waals surface area (Å²) in [4.78, 5) is 0. The zero-order chi connectivity index (χ0) is 13.8. The zero-order valence-electron chi connectivity index (χ0n) is 11.9. The summed E-state index contributed by atoms with van der Waals surface area (Å²) < 4.78 is 19.2. The molecule has 3 heteroatoms. The van der Waals surface area contributed by atoms with Gasteiger partial charge >= 0.3 is 0 Å². The summed E-state index contributed by atoms with van der Waals surface area (Å²) >= 11 is 0. The van der Waals surface area contributed by atoms with E-state index in [1.54, 1.807) is 6.07 Å². The van der Waals surface area contributed by atoms with E-state index < -0.39 is 0 Å². The van der Waals surface area contributed by atoms with E-state index in [-0.39, 0.29) is 17.3 Å². The van der Waals surface area contributed by atoms with E-state index in [2.05, 4.69) is 20.8 Å². The van der Waals surface area contributed by atoms with Crippen LogP contribution in [-0.4, -0.2) is 6.10 Å². The minimum atomic E-state index is -0.315. The van der Waals surface area contributed by atoms with E-state index in [1.807, 2.05) is 0 Å². The topological polar surface area (TPSA) is 35.2 Å². The third kappa shape index (κ3) is 1.67. The smallest absolute Gasteiger partial charge is 0.142 e.